The van der Waals surface area contributed by atoms with Crippen molar-refractivity contribution in [2.75, 3.05) is 32.4 Å². The lowest BCUT2D eigenvalue weighted by Crippen LogP contribution is -2.41. The molecule has 0 aromatic carbocycles. The van der Waals surface area contributed by atoms with Crippen LogP contribution in [0.25, 0.3) is 0 Å². The summed E-state index contributed by atoms with van der Waals surface area (Å²) < 4.78 is 25.7. The molecule has 0 aliphatic rings. The lowest BCUT2D eigenvalue weighted by molar-refractivity contribution is 0.445. The predicted molar refractivity (Wildman–Crippen MR) is 114 cm³/mol. The van der Waals surface area contributed by atoms with Gasteiger partial charge in [-0.05, 0) is 18.6 Å². The Morgan fingerprint density at radius 2 is 1.79 bits per heavy atom. The van der Waals surface area contributed by atoms with Gasteiger partial charge in [-0.3, -0.25) is 4.99 Å². The zero-order chi connectivity index (χ0) is 17.3. The second kappa shape index (κ2) is 12.0. The van der Waals surface area contributed by atoms with E-state index in [1.54, 1.807) is 18.4 Å². The summed E-state index contributed by atoms with van der Waals surface area (Å²) in [5.41, 5.74) is 0. The Kier molecular flexibility index (Phi) is 11.8. The number of hydrogen-bond acceptors (Lipinski definition) is 4. The minimum atomic E-state index is -3.20. The van der Waals surface area contributed by atoms with Crippen molar-refractivity contribution in [2.45, 2.75) is 33.7 Å². The highest BCUT2D eigenvalue weighted by molar-refractivity contribution is 14.0. The van der Waals surface area contributed by atoms with Crippen LogP contribution in [0.3, 0.4) is 0 Å². The van der Waals surface area contributed by atoms with Crippen LogP contribution in [0.15, 0.2) is 17.1 Å². The SMILES string of the molecule is CCc1ccc(CNC(=NC)NCCS(=O)(=O)N(CC)CC)s1.I. The maximum atomic E-state index is 12.1. The van der Waals surface area contributed by atoms with Crippen LogP contribution < -0.4 is 10.6 Å². The van der Waals surface area contributed by atoms with Gasteiger partial charge in [0.2, 0.25) is 10.0 Å². The summed E-state index contributed by atoms with van der Waals surface area (Å²) in [5, 5.41) is 6.26. The van der Waals surface area contributed by atoms with Gasteiger partial charge in [-0.1, -0.05) is 20.8 Å². The highest BCUT2D eigenvalue weighted by atomic mass is 127. The summed E-state index contributed by atoms with van der Waals surface area (Å²) >= 11 is 1.78. The smallest absolute Gasteiger partial charge is 0.215 e. The van der Waals surface area contributed by atoms with E-state index < -0.39 is 10.0 Å². The molecule has 0 atom stereocenters. The third-order valence-corrected chi connectivity index (χ3v) is 6.72. The monoisotopic (exact) mass is 488 g/mol. The average molecular weight is 488 g/mol. The van der Waals surface area contributed by atoms with Gasteiger partial charge >= 0.3 is 0 Å². The van der Waals surface area contributed by atoms with Crippen LogP contribution in [0.4, 0.5) is 0 Å². The molecule has 24 heavy (non-hydrogen) atoms. The molecule has 1 heterocycles. The molecule has 0 amide bonds. The van der Waals surface area contributed by atoms with Crippen LogP contribution in [0.5, 0.6) is 0 Å². The number of hydrogen-bond donors (Lipinski definition) is 2. The lowest BCUT2D eigenvalue weighted by Gasteiger charge is -2.19. The van der Waals surface area contributed by atoms with E-state index in [0.717, 1.165) is 6.42 Å². The summed E-state index contributed by atoms with van der Waals surface area (Å²) in [4.78, 5) is 6.72. The zero-order valence-corrected chi connectivity index (χ0v) is 18.8. The van der Waals surface area contributed by atoms with Gasteiger partial charge in [-0.2, -0.15) is 0 Å². The molecule has 1 aromatic rings. The summed E-state index contributed by atoms with van der Waals surface area (Å²) in [6.45, 7) is 7.87. The number of aryl methyl sites for hydroxylation is 1. The number of nitrogens with one attached hydrogen (secondary N) is 2. The van der Waals surface area contributed by atoms with Gasteiger partial charge in [0, 0.05) is 36.4 Å². The first-order valence-electron chi connectivity index (χ1n) is 7.96. The maximum Gasteiger partial charge on any atom is 0.215 e. The zero-order valence-electron chi connectivity index (χ0n) is 14.8. The number of aliphatic imine (C=N–C) groups is 1. The molecule has 0 saturated heterocycles. The third kappa shape index (κ3) is 7.66. The third-order valence-electron chi connectivity index (χ3n) is 3.47. The number of nitrogens with zero attached hydrogens (tertiary/aromatic N) is 2. The molecule has 0 spiro atoms. The Labute approximate surface area is 167 Å². The number of guanidine groups is 1. The average Bonchev–Trinajstić information content (AvgIpc) is 2.99. The molecule has 0 radical (unpaired) electrons. The highest BCUT2D eigenvalue weighted by Crippen LogP contribution is 2.16. The molecule has 2 N–H and O–H groups in total. The topological polar surface area (TPSA) is 73.8 Å². The molecule has 1 rings (SSSR count). The Bertz CT molecular complexity index is 598. The largest absolute Gasteiger partial charge is 0.355 e. The van der Waals surface area contributed by atoms with Crippen molar-refractivity contribution in [3.63, 3.8) is 0 Å². The maximum absolute atomic E-state index is 12.1. The molecule has 0 aliphatic carbocycles. The molecule has 1 aromatic heterocycles. The summed E-state index contributed by atoms with van der Waals surface area (Å²) in [6, 6.07) is 4.24. The van der Waals surface area contributed by atoms with Crippen molar-refractivity contribution >= 4 is 51.3 Å². The minimum Gasteiger partial charge on any atom is -0.355 e. The molecule has 9 heteroatoms. The molecular weight excluding hydrogens is 459 g/mol. The van der Waals surface area contributed by atoms with E-state index in [2.05, 4.69) is 34.7 Å². The Morgan fingerprint density at radius 3 is 2.29 bits per heavy atom. The molecule has 6 nitrogen and oxygen atoms in total. The van der Waals surface area contributed by atoms with Crippen molar-refractivity contribution in [2.24, 2.45) is 4.99 Å². The van der Waals surface area contributed by atoms with E-state index in [-0.39, 0.29) is 29.7 Å². The summed E-state index contributed by atoms with van der Waals surface area (Å²) in [7, 11) is -1.52. The standard InChI is InChI=1S/C15H28N4O2S2.HI/c1-5-13-8-9-14(22-13)12-18-15(16-4)17-10-11-23(20,21)19(6-2)7-3;/h8-9H,5-7,10-12H2,1-4H3,(H2,16,17,18);1H. The lowest BCUT2D eigenvalue weighted by atomic mass is 10.4. The van der Waals surface area contributed by atoms with Crippen LogP contribution in [0.2, 0.25) is 0 Å². The van der Waals surface area contributed by atoms with E-state index in [1.807, 2.05) is 13.8 Å². The van der Waals surface area contributed by atoms with Gasteiger partial charge in [0.15, 0.2) is 5.96 Å². The highest BCUT2D eigenvalue weighted by Gasteiger charge is 2.18. The van der Waals surface area contributed by atoms with E-state index in [4.69, 9.17) is 0 Å². The molecule has 140 valence electrons. The van der Waals surface area contributed by atoms with Crippen LogP contribution >= 0.6 is 35.3 Å². The van der Waals surface area contributed by atoms with E-state index >= 15 is 0 Å². The minimum absolute atomic E-state index is 0. The van der Waals surface area contributed by atoms with E-state index in [1.165, 1.54) is 14.1 Å². The molecular formula is C15H29IN4O2S2. The van der Waals surface area contributed by atoms with Gasteiger partial charge in [0.25, 0.3) is 0 Å². The molecule has 0 fully saturated rings. The summed E-state index contributed by atoms with van der Waals surface area (Å²) in [6.07, 6.45) is 1.04. The van der Waals surface area contributed by atoms with Gasteiger partial charge in [-0.25, -0.2) is 12.7 Å². The van der Waals surface area contributed by atoms with Crippen molar-refractivity contribution in [3.05, 3.63) is 21.9 Å². The normalized spacial score (nSPS) is 12.1. The first-order valence-corrected chi connectivity index (χ1v) is 10.4. The molecule has 0 aliphatic heterocycles. The summed E-state index contributed by atoms with van der Waals surface area (Å²) in [5.74, 6) is 0.681. The fourth-order valence-electron chi connectivity index (χ4n) is 2.14. The van der Waals surface area contributed by atoms with Crippen LogP contribution in [0, 0.1) is 0 Å². The Morgan fingerprint density at radius 1 is 1.17 bits per heavy atom. The second-order valence-corrected chi connectivity index (χ2v) is 8.32. The molecule has 0 unspecified atom stereocenters. The van der Waals surface area contributed by atoms with Crippen LogP contribution in [-0.2, 0) is 23.0 Å². The van der Waals surface area contributed by atoms with Crippen LogP contribution in [-0.4, -0.2) is 51.1 Å². The van der Waals surface area contributed by atoms with E-state index in [0.29, 0.717) is 32.1 Å². The number of rotatable bonds is 9. The van der Waals surface area contributed by atoms with Gasteiger partial charge < -0.3 is 10.6 Å². The van der Waals surface area contributed by atoms with Crippen molar-refractivity contribution < 1.29 is 8.42 Å². The first kappa shape index (κ1) is 23.6. The van der Waals surface area contributed by atoms with Crippen molar-refractivity contribution in [3.8, 4) is 0 Å². The van der Waals surface area contributed by atoms with Crippen molar-refractivity contribution in [1.82, 2.24) is 14.9 Å². The van der Waals surface area contributed by atoms with Gasteiger partial charge in [0.1, 0.15) is 0 Å². The molecule has 0 saturated carbocycles. The van der Waals surface area contributed by atoms with E-state index in [9.17, 15) is 8.42 Å². The second-order valence-electron chi connectivity index (χ2n) is 4.97. The van der Waals surface area contributed by atoms with Gasteiger partial charge in [0.05, 0.1) is 12.3 Å². The molecule has 0 bridgehead atoms. The predicted octanol–water partition coefficient (Wildman–Crippen LogP) is 2.27. The number of thiophene rings is 1. The Balaban J connectivity index is 0.00000529. The van der Waals surface area contributed by atoms with Crippen LogP contribution in [0.1, 0.15) is 30.5 Å². The van der Waals surface area contributed by atoms with Gasteiger partial charge in [-0.15, -0.1) is 35.3 Å². The fraction of sp³-hybridized carbons (Fsp3) is 0.667. The Hall–Kier alpha value is -0.390. The quantitative estimate of drug-likeness (QED) is 0.318. The first-order chi connectivity index (χ1) is 11.0. The number of sulfonamides is 1. The number of halogens is 1. The fourth-order valence-corrected chi connectivity index (χ4v) is 4.45. The van der Waals surface area contributed by atoms with Crippen molar-refractivity contribution in [1.29, 1.82) is 0 Å².